The highest BCUT2D eigenvalue weighted by Crippen LogP contribution is 2.46. The highest BCUT2D eigenvalue weighted by molar-refractivity contribution is 7.97. The van der Waals surface area contributed by atoms with Crippen molar-refractivity contribution in [3.8, 4) is 0 Å². The lowest BCUT2D eigenvalue weighted by molar-refractivity contribution is 0.977. The van der Waals surface area contributed by atoms with Crippen LogP contribution in [0, 0.1) is 0 Å². The molecule has 0 bridgehead atoms. The van der Waals surface area contributed by atoms with E-state index in [0.29, 0.717) is 0 Å². The Morgan fingerprint density at radius 2 is 1.38 bits per heavy atom. The summed E-state index contributed by atoms with van der Waals surface area (Å²) < 4.78 is 5.05. The molecule has 3 nitrogen and oxygen atoms in total. The van der Waals surface area contributed by atoms with Gasteiger partial charge in [-0.1, -0.05) is 36.4 Å². The Hall–Kier alpha value is -2.72. The Morgan fingerprint density at radius 1 is 0.769 bits per heavy atom. The molecule has 4 heterocycles. The number of hydrogen-bond acceptors (Lipinski definition) is 2. The van der Waals surface area contributed by atoms with Crippen LogP contribution in [0.2, 0.25) is 0 Å². The maximum atomic E-state index is 4.68. The van der Waals surface area contributed by atoms with Gasteiger partial charge in [-0.3, -0.25) is 4.99 Å². The van der Waals surface area contributed by atoms with Crippen LogP contribution in [0.5, 0.6) is 0 Å². The maximum Gasteiger partial charge on any atom is 0.0753 e. The van der Waals surface area contributed by atoms with E-state index in [1.165, 1.54) is 54.7 Å². The number of para-hydroxylation sites is 2. The Balaban J connectivity index is 1.93. The molecule has 26 heavy (non-hydrogen) atoms. The van der Waals surface area contributed by atoms with Crippen molar-refractivity contribution in [3.05, 3.63) is 59.7 Å². The molecule has 2 aliphatic rings. The highest BCUT2D eigenvalue weighted by atomic mass is 32.2. The van der Waals surface area contributed by atoms with Crippen LogP contribution in [0.3, 0.4) is 0 Å². The monoisotopic (exact) mass is 353 g/mol. The Morgan fingerprint density at radius 3 is 2.12 bits per heavy atom. The van der Waals surface area contributed by atoms with Crippen LogP contribution in [0.4, 0.5) is 0 Å². The predicted molar refractivity (Wildman–Crippen MR) is 111 cm³/mol. The van der Waals surface area contributed by atoms with Gasteiger partial charge in [0, 0.05) is 44.4 Å². The fourth-order valence-electron chi connectivity index (χ4n) is 4.99. The van der Waals surface area contributed by atoms with Crippen LogP contribution in [-0.4, -0.2) is 15.3 Å². The molecule has 2 aromatic heterocycles. The van der Waals surface area contributed by atoms with Crippen LogP contribution >= 0.6 is 11.8 Å². The topological polar surface area (TPSA) is 22.2 Å². The quantitative estimate of drug-likeness (QED) is 0.360. The zero-order chi connectivity index (χ0) is 16.8. The summed E-state index contributed by atoms with van der Waals surface area (Å²) in [4.78, 5) is 4.68. The lowest BCUT2D eigenvalue weighted by Crippen LogP contribution is -1.95. The summed E-state index contributed by atoms with van der Waals surface area (Å²) in [7, 11) is 0. The van der Waals surface area contributed by atoms with Gasteiger partial charge < -0.3 is 9.13 Å². The van der Waals surface area contributed by atoms with Gasteiger partial charge in [-0.15, -0.1) is 11.8 Å². The molecule has 0 saturated heterocycles. The molecule has 5 aromatic rings. The minimum absolute atomic E-state index is 0.794. The SMILES string of the molecule is C1=NCc2c1c1c3ccccc3n3c1c1c2c2ccccc2n1CSC3. The molecule has 0 atom stereocenters. The lowest BCUT2D eigenvalue weighted by Gasteiger charge is -2.08. The van der Waals surface area contributed by atoms with E-state index in [9.17, 15) is 0 Å². The molecule has 0 unspecified atom stereocenters. The number of nitrogens with zero attached hydrogens (tertiary/aromatic N) is 3. The van der Waals surface area contributed by atoms with E-state index in [0.717, 1.165) is 18.3 Å². The lowest BCUT2D eigenvalue weighted by atomic mass is 9.97. The van der Waals surface area contributed by atoms with E-state index >= 15 is 0 Å². The van der Waals surface area contributed by atoms with Crippen LogP contribution < -0.4 is 0 Å². The fourth-order valence-corrected chi connectivity index (χ4v) is 5.97. The second kappa shape index (κ2) is 4.51. The summed E-state index contributed by atoms with van der Waals surface area (Å²) in [5.74, 6) is 1.99. The number of aromatic nitrogens is 2. The van der Waals surface area contributed by atoms with E-state index < -0.39 is 0 Å². The summed E-state index contributed by atoms with van der Waals surface area (Å²) in [6.07, 6.45) is 2.10. The molecule has 0 radical (unpaired) electrons. The van der Waals surface area contributed by atoms with Gasteiger partial charge in [0.25, 0.3) is 0 Å². The van der Waals surface area contributed by atoms with Gasteiger partial charge >= 0.3 is 0 Å². The first kappa shape index (κ1) is 13.5. The Labute approximate surface area is 153 Å². The molecule has 2 aliphatic heterocycles. The van der Waals surface area contributed by atoms with Crippen molar-refractivity contribution >= 4 is 61.6 Å². The highest BCUT2D eigenvalue weighted by Gasteiger charge is 2.27. The van der Waals surface area contributed by atoms with E-state index in [-0.39, 0.29) is 0 Å². The van der Waals surface area contributed by atoms with Crippen LogP contribution in [0.15, 0.2) is 53.5 Å². The second-order valence-corrected chi connectivity index (χ2v) is 8.09. The first-order valence-electron chi connectivity index (χ1n) is 8.98. The van der Waals surface area contributed by atoms with Gasteiger partial charge in [-0.2, -0.15) is 0 Å². The standard InChI is InChI=1S/C22H15N3S/c1-3-7-17-13(5-1)19-15-9-23-10-16(15)20-14-6-2-4-8-18(14)25-12-26-11-24(17)21(19)22(20)25/h1-9H,10-12H2. The number of hydrogen-bond donors (Lipinski definition) is 0. The number of benzene rings is 3. The van der Waals surface area contributed by atoms with Crippen molar-refractivity contribution in [2.45, 2.75) is 18.3 Å². The first-order valence-corrected chi connectivity index (χ1v) is 10.1. The van der Waals surface area contributed by atoms with E-state index in [2.05, 4.69) is 68.9 Å². The molecule has 0 aliphatic carbocycles. The third-order valence-corrected chi connectivity index (χ3v) is 6.85. The van der Waals surface area contributed by atoms with E-state index in [1.807, 2.05) is 11.8 Å². The number of thioether (sulfide) groups is 1. The molecule has 7 rings (SSSR count). The van der Waals surface area contributed by atoms with Gasteiger partial charge in [-0.25, -0.2) is 0 Å². The predicted octanol–water partition coefficient (Wildman–Crippen LogP) is 5.50. The zero-order valence-corrected chi connectivity index (χ0v) is 14.9. The third kappa shape index (κ3) is 1.39. The molecule has 4 heteroatoms. The number of aliphatic imine (C=N–C) groups is 1. The van der Waals surface area contributed by atoms with Crippen molar-refractivity contribution in [1.82, 2.24) is 9.13 Å². The van der Waals surface area contributed by atoms with Crippen molar-refractivity contribution in [2.24, 2.45) is 4.99 Å². The Kier molecular flexibility index (Phi) is 2.34. The summed E-state index contributed by atoms with van der Waals surface area (Å²) in [5.41, 5.74) is 8.19. The van der Waals surface area contributed by atoms with Crippen LogP contribution in [0.1, 0.15) is 11.1 Å². The van der Waals surface area contributed by atoms with Crippen LogP contribution in [-0.2, 0) is 18.3 Å². The first-order chi connectivity index (χ1) is 12.9. The minimum Gasteiger partial charge on any atom is -0.329 e. The summed E-state index contributed by atoms with van der Waals surface area (Å²) in [6.45, 7) is 0.794. The minimum atomic E-state index is 0.794. The molecule has 0 N–H and O–H groups in total. The summed E-state index contributed by atoms with van der Waals surface area (Å²) in [6, 6.07) is 17.7. The third-order valence-electron chi connectivity index (χ3n) is 5.97. The molecular formula is C22H15N3S. The smallest absolute Gasteiger partial charge is 0.0753 e. The van der Waals surface area contributed by atoms with Crippen molar-refractivity contribution < 1.29 is 0 Å². The summed E-state index contributed by atoms with van der Waals surface area (Å²) >= 11 is 1.99. The largest absolute Gasteiger partial charge is 0.329 e. The van der Waals surface area contributed by atoms with Gasteiger partial charge in [0.05, 0.1) is 29.3 Å². The molecular weight excluding hydrogens is 338 g/mol. The molecule has 0 fully saturated rings. The van der Waals surface area contributed by atoms with Gasteiger partial charge in [0.15, 0.2) is 0 Å². The molecule has 3 aromatic carbocycles. The summed E-state index contributed by atoms with van der Waals surface area (Å²) in [5, 5.41) is 5.52. The number of rotatable bonds is 0. The average Bonchev–Trinajstić information content (AvgIpc) is 3.31. The van der Waals surface area contributed by atoms with Gasteiger partial charge in [0.1, 0.15) is 0 Å². The normalized spacial score (nSPS) is 15.7. The molecule has 124 valence electrons. The molecule has 0 spiro atoms. The number of fused-ring (bicyclic) bond motifs is 9. The zero-order valence-electron chi connectivity index (χ0n) is 14.1. The van der Waals surface area contributed by atoms with Crippen molar-refractivity contribution in [3.63, 3.8) is 0 Å². The van der Waals surface area contributed by atoms with Gasteiger partial charge in [-0.05, 0) is 17.7 Å². The Bertz CT molecular complexity index is 1430. The molecule has 0 saturated carbocycles. The second-order valence-electron chi connectivity index (χ2n) is 7.16. The fraction of sp³-hybridized carbons (Fsp3) is 0.136. The van der Waals surface area contributed by atoms with Gasteiger partial charge in [0.2, 0.25) is 0 Å². The van der Waals surface area contributed by atoms with Crippen molar-refractivity contribution in [1.29, 1.82) is 0 Å². The average molecular weight is 353 g/mol. The maximum absolute atomic E-state index is 4.68. The van der Waals surface area contributed by atoms with Crippen LogP contribution in [0.25, 0.3) is 43.6 Å². The van der Waals surface area contributed by atoms with E-state index in [1.54, 1.807) is 0 Å². The van der Waals surface area contributed by atoms with E-state index in [4.69, 9.17) is 0 Å². The molecule has 0 amide bonds. The van der Waals surface area contributed by atoms with Crippen molar-refractivity contribution in [2.75, 3.05) is 0 Å².